The Kier molecular flexibility index (Phi) is 2.77. The smallest absolute Gasteiger partial charge is 0.234 e. The van der Waals surface area contributed by atoms with Crippen molar-refractivity contribution in [3.63, 3.8) is 0 Å². The van der Waals surface area contributed by atoms with E-state index < -0.39 is 0 Å². The van der Waals surface area contributed by atoms with Crippen molar-refractivity contribution < 1.29 is 9.59 Å². The van der Waals surface area contributed by atoms with Gasteiger partial charge in [-0.1, -0.05) is 48.5 Å². The van der Waals surface area contributed by atoms with E-state index in [4.69, 9.17) is 5.73 Å². The number of hydrogen-bond donors (Lipinski definition) is 1. The maximum absolute atomic E-state index is 13.0. The van der Waals surface area contributed by atoms with Crippen LogP contribution in [0.4, 0.5) is 0 Å². The SMILES string of the molecule is NCCN1C(=O)[C@@H]2C3c4ccccc4C(c4ccccc43)[C@@H]2C1=O. The summed E-state index contributed by atoms with van der Waals surface area (Å²) in [5.74, 6) is -0.695. The molecule has 1 heterocycles. The molecule has 4 nitrogen and oxygen atoms in total. The first-order valence-corrected chi connectivity index (χ1v) is 8.47. The van der Waals surface area contributed by atoms with Crippen molar-refractivity contribution in [2.24, 2.45) is 17.6 Å². The second-order valence-corrected chi connectivity index (χ2v) is 6.88. The molecule has 1 aliphatic heterocycles. The predicted molar refractivity (Wildman–Crippen MR) is 89.3 cm³/mol. The highest BCUT2D eigenvalue weighted by molar-refractivity contribution is 6.07. The van der Waals surface area contributed by atoms with Crippen LogP contribution in [0.25, 0.3) is 0 Å². The zero-order valence-corrected chi connectivity index (χ0v) is 13.2. The number of hydrogen-bond acceptors (Lipinski definition) is 3. The summed E-state index contributed by atoms with van der Waals surface area (Å²) in [6.45, 7) is 0.628. The van der Waals surface area contributed by atoms with E-state index in [1.165, 1.54) is 27.2 Å². The first kappa shape index (κ1) is 13.9. The van der Waals surface area contributed by atoms with E-state index in [0.29, 0.717) is 13.1 Å². The third kappa shape index (κ3) is 1.52. The van der Waals surface area contributed by atoms with E-state index in [-0.39, 0.29) is 35.5 Å². The summed E-state index contributed by atoms with van der Waals surface area (Å²) in [6, 6.07) is 16.5. The van der Waals surface area contributed by atoms with Gasteiger partial charge in [0.1, 0.15) is 0 Å². The zero-order chi connectivity index (χ0) is 16.4. The van der Waals surface area contributed by atoms with E-state index in [9.17, 15) is 9.59 Å². The summed E-state index contributed by atoms with van der Waals surface area (Å²) in [5.41, 5.74) is 10.5. The summed E-state index contributed by atoms with van der Waals surface area (Å²) in [5, 5.41) is 0. The summed E-state index contributed by atoms with van der Waals surface area (Å²) >= 11 is 0. The Morgan fingerprint density at radius 2 is 1.12 bits per heavy atom. The normalized spacial score (nSPS) is 29.5. The molecule has 0 spiro atoms. The van der Waals surface area contributed by atoms with Gasteiger partial charge >= 0.3 is 0 Å². The molecular formula is C20H18N2O2. The van der Waals surface area contributed by atoms with Crippen LogP contribution in [0.3, 0.4) is 0 Å². The number of nitrogens with zero attached hydrogens (tertiary/aromatic N) is 1. The van der Waals surface area contributed by atoms with Gasteiger partial charge in [-0.3, -0.25) is 14.5 Å². The number of imide groups is 1. The number of carbonyl (C=O) groups is 2. The molecule has 2 aromatic rings. The van der Waals surface area contributed by atoms with Gasteiger partial charge in [0.05, 0.1) is 11.8 Å². The molecule has 4 aliphatic rings. The summed E-state index contributed by atoms with van der Waals surface area (Å²) in [7, 11) is 0. The average molecular weight is 318 g/mol. The summed E-state index contributed by atoms with van der Waals surface area (Å²) in [4.78, 5) is 27.4. The van der Waals surface area contributed by atoms with Gasteiger partial charge in [0.15, 0.2) is 0 Å². The van der Waals surface area contributed by atoms with Crippen molar-refractivity contribution in [1.29, 1.82) is 0 Å². The van der Waals surface area contributed by atoms with E-state index in [1.54, 1.807) is 0 Å². The minimum absolute atomic E-state index is 0.0216. The highest BCUT2D eigenvalue weighted by Crippen LogP contribution is 2.60. The van der Waals surface area contributed by atoms with Crippen LogP contribution >= 0.6 is 0 Å². The lowest BCUT2D eigenvalue weighted by Gasteiger charge is -2.45. The van der Waals surface area contributed by atoms with Gasteiger partial charge < -0.3 is 5.73 Å². The Morgan fingerprint density at radius 3 is 1.46 bits per heavy atom. The molecule has 1 saturated heterocycles. The van der Waals surface area contributed by atoms with Crippen molar-refractivity contribution in [3.8, 4) is 0 Å². The van der Waals surface area contributed by atoms with Crippen molar-refractivity contribution in [1.82, 2.24) is 4.90 Å². The first-order valence-electron chi connectivity index (χ1n) is 8.47. The number of benzene rings is 2. The second-order valence-electron chi connectivity index (χ2n) is 6.88. The molecule has 0 unspecified atom stereocenters. The van der Waals surface area contributed by atoms with E-state index in [1.807, 2.05) is 24.3 Å². The van der Waals surface area contributed by atoms with Crippen molar-refractivity contribution in [2.45, 2.75) is 11.8 Å². The zero-order valence-electron chi connectivity index (χ0n) is 13.2. The number of carbonyl (C=O) groups excluding carboxylic acids is 2. The standard InChI is InChI=1S/C20H18N2O2/c21-9-10-22-19(23)17-15-11-5-1-2-6-12(11)16(18(17)20(22)24)14-8-4-3-7-13(14)15/h1-8,15-18H,9-10,21H2/t15?,16?,17-,18+. The first-order chi connectivity index (χ1) is 11.7. The molecule has 0 aromatic heterocycles. The molecule has 0 radical (unpaired) electrons. The summed E-state index contributed by atoms with van der Waals surface area (Å²) in [6.07, 6.45) is 0. The van der Waals surface area contributed by atoms with Gasteiger partial charge in [0.2, 0.25) is 11.8 Å². The highest BCUT2D eigenvalue weighted by atomic mass is 16.2. The Hall–Kier alpha value is -2.46. The third-order valence-corrected chi connectivity index (χ3v) is 5.89. The lowest BCUT2D eigenvalue weighted by atomic mass is 9.55. The largest absolute Gasteiger partial charge is 0.329 e. The van der Waals surface area contributed by atoms with E-state index in [0.717, 1.165) is 0 Å². The Labute approximate surface area is 140 Å². The molecule has 2 bridgehead atoms. The number of rotatable bonds is 2. The molecule has 2 aromatic carbocycles. The van der Waals surface area contributed by atoms with Crippen LogP contribution in [-0.2, 0) is 9.59 Å². The lowest BCUT2D eigenvalue weighted by molar-refractivity contribution is -0.139. The molecule has 120 valence electrons. The summed E-state index contributed by atoms with van der Waals surface area (Å²) < 4.78 is 0. The molecule has 2 atom stereocenters. The molecule has 3 aliphatic carbocycles. The van der Waals surface area contributed by atoms with Gasteiger partial charge in [-0.15, -0.1) is 0 Å². The third-order valence-electron chi connectivity index (χ3n) is 5.89. The number of amides is 2. The predicted octanol–water partition coefficient (Wildman–Crippen LogP) is 1.84. The van der Waals surface area contributed by atoms with Gasteiger partial charge in [0, 0.05) is 24.9 Å². The minimum atomic E-state index is -0.279. The number of nitrogens with two attached hydrogens (primary N) is 1. The average Bonchev–Trinajstić information content (AvgIpc) is 2.88. The fraction of sp³-hybridized carbons (Fsp3) is 0.300. The topological polar surface area (TPSA) is 63.4 Å². The van der Waals surface area contributed by atoms with Gasteiger partial charge in [-0.05, 0) is 22.3 Å². The van der Waals surface area contributed by atoms with Crippen LogP contribution in [0.15, 0.2) is 48.5 Å². The fourth-order valence-electron chi connectivity index (χ4n) is 5.09. The molecule has 0 saturated carbocycles. The molecule has 6 rings (SSSR count). The van der Waals surface area contributed by atoms with Crippen molar-refractivity contribution in [3.05, 3.63) is 70.8 Å². The second kappa shape index (κ2) is 4.77. The monoisotopic (exact) mass is 318 g/mol. The van der Waals surface area contributed by atoms with Crippen molar-refractivity contribution in [2.75, 3.05) is 13.1 Å². The van der Waals surface area contributed by atoms with Crippen LogP contribution in [0, 0.1) is 11.8 Å². The lowest BCUT2D eigenvalue weighted by Crippen LogP contribution is -2.41. The molecular weight excluding hydrogens is 300 g/mol. The van der Waals surface area contributed by atoms with Crippen LogP contribution < -0.4 is 5.73 Å². The Balaban J connectivity index is 1.77. The Morgan fingerprint density at radius 1 is 0.750 bits per heavy atom. The molecule has 2 amide bonds. The van der Waals surface area contributed by atoms with Gasteiger partial charge in [0.25, 0.3) is 0 Å². The Bertz CT molecular complexity index is 760. The number of likely N-dealkylation sites (tertiary alicyclic amines) is 1. The molecule has 24 heavy (non-hydrogen) atoms. The van der Waals surface area contributed by atoms with Crippen LogP contribution in [-0.4, -0.2) is 29.8 Å². The van der Waals surface area contributed by atoms with Gasteiger partial charge in [-0.25, -0.2) is 0 Å². The van der Waals surface area contributed by atoms with Gasteiger partial charge in [-0.2, -0.15) is 0 Å². The highest BCUT2D eigenvalue weighted by Gasteiger charge is 2.61. The van der Waals surface area contributed by atoms with Crippen molar-refractivity contribution >= 4 is 11.8 Å². The molecule has 1 fully saturated rings. The maximum atomic E-state index is 13.0. The van der Waals surface area contributed by atoms with Crippen LogP contribution in [0.1, 0.15) is 34.1 Å². The molecule has 2 N–H and O–H groups in total. The van der Waals surface area contributed by atoms with Crippen LogP contribution in [0.2, 0.25) is 0 Å². The fourth-order valence-corrected chi connectivity index (χ4v) is 5.09. The maximum Gasteiger partial charge on any atom is 0.234 e. The minimum Gasteiger partial charge on any atom is -0.329 e. The van der Waals surface area contributed by atoms with E-state index in [2.05, 4.69) is 24.3 Å². The van der Waals surface area contributed by atoms with Crippen LogP contribution in [0.5, 0.6) is 0 Å². The quantitative estimate of drug-likeness (QED) is 0.859. The molecule has 4 heteroatoms. The van der Waals surface area contributed by atoms with E-state index >= 15 is 0 Å².